The Morgan fingerprint density at radius 3 is 2.94 bits per heavy atom. The van der Waals surface area contributed by atoms with Gasteiger partial charge in [-0.15, -0.1) is 0 Å². The van der Waals surface area contributed by atoms with E-state index in [0.717, 1.165) is 5.56 Å². The molecule has 3 unspecified atom stereocenters. The van der Waals surface area contributed by atoms with Crippen LogP contribution in [0.2, 0.25) is 0 Å². The maximum atomic E-state index is 11.7. The van der Waals surface area contributed by atoms with E-state index in [-0.39, 0.29) is 6.04 Å². The number of ether oxygens (including phenoxy) is 2. The number of rotatable bonds is 1. The third-order valence-electron chi connectivity index (χ3n) is 3.04. The maximum Gasteiger partial charge on any atom is 0.362 e. The molecular formula is C12H10BrNO4. The second kappa shape index (κ2) is 4.28. The number of aliphatic imine (C=N–C) groups is 1. The molecule has 3 atom stereocenters. The number of hydrogen-bond donors (Lipinski definition) is 0. The number of para-hydroxylation sites is 1. The molecule has 2 aliphatic rings. The van der Waals surface area contributed by atoms with Gasteiger partial charge in [-0.25, -0.2) is 9.79 Å². The SMILES string of the molecule is CC1=NC2c3ccccc3OC(C(=O)OBr)C2O1. The largest absolute Gasteiger partial charge is 0.474 e. The van der Waals surface area contributed by atoms with Gasteiger partial charge in [-0.2, -0.15) is 0 Å². The Bertz CT molecular complexity index is 531. The highest BCUT2D eigenvalue weighted by atomic mass is 79.9. The first-order valence-corrected chi connectivity index (χ1v) is 6.14. The molecule has 1 aromatic carbocycles. The van der Waals surface area contributed by atoms with E-state index in [9.17, 15) is 4.79 Å². The lowest BCUT2D eigenvalue weighted by atomic mass is 9.94. The van der Waals surface area contributed by atoms with Gasteiger partial charge >= 0.3 is 5.97 Å². The van der Waals surface area contributed by atoms with Crippen LogP contribution < -0.4 is 4.74 Å². The number of halogens is 1. The van der Waals surface area contributed by atoms with Gasteiger partial charge in [0.2, 0.25) is 6.10 Å². The Balaban J connectivity index is 2.04. The topological polar surface area (TPSA) is 57.1 Å². The van der Waals surface area contributed by atoms with Crippen molar-refractivity contribution in [2.45, 2.75) is 25.2 Å². The van der Waals surface area contributed by atoms with E-state index in [1.165, 1.54) is 0 Å². The number of fused-ring (bicyclic) bond motifs is 3. The molecule has 6 heteroatoms. The molecule has 2 heterocycles. The van der Waals surface area contributed by atoms with E-state index >= 15 is 0 Å². The standard InChI is InChI=1S/C12H10BrNO4/c1-6-14-9-7-4-2-3-5-8(7)17-11(10(9)16-6)12(15)18-13/h2-5,9-11H,1H3. The van der Waals surface area contributed by atoms with Crippen molar-refractivity contribution in [3.05, 3.63) is 29.8 Å². The fraction of sp³-hybridized carbons (Fsp3) is 0.333. The van der Waals surface area contributed by atoms with Gasteiger partial charge in [0, 0.05) is 12.5 Å². The van der Waals surface area contributed by atoms with Crippen LogP contribution in [0, 0.1) is 0 Å². The monoisotopic (exact) mass is 311 g/mol. The van der Waals surface area contributed by atoms with Crippen LogP contribution in [-0.2, 0) is 13.4 Å². The summed E-state index contributed by atoms with van der Waals surface area (Å²) in [6.07, 6.45) is -1.28. The molecule has 0 radical (unpaired) electrons. The van der Waals surface area contributed by atoms with E-state index in [1.54, 1.807) is 6.92 Å². The summed E-state index contributed by atoms with van der Waals surface area (Å²) in [4.78, 5) is 16.1. The van der Waals surface area contributed by atoms with E-state index < -0.39 is 18.2 Å². The Hall–Kier alpha value is -1.56. The predicted molar refractivity (Wildman–Crippen MR) is 66.6 cm³/mol. The fourth-order valence-electron chi connectivity index (χ4n) is 2.30. The minimum Gasteiger partial charge on any atom is -0.474 e. The van der Waals surface area contributed by atoms with Crippen LogP contribution in [-0.4, -0.2) is 24.1 Å². The van der Waals surface area contributed by atoms with Crippen molar-refractivity contribution in [3.8, 4) is 5.75 Å². The number of nitrogens with zero attached hydrogens (tertiary/aromatic N) is 1. The summed E-state index contributed by atoms with van der Waals surface area (Å²) in [5.41, 5.74) is 0.929. The first-order valence-electron chi connectivity index (χ1n) is 5.50. The molecule has 0 spiro atoms. The molecule has 18 heavy (non-hydrogen) atoms. The molecule has 94 valence electrons. The first kappa shape index (κ1) is 11.5. The summed E-state index contributed by atoms with van der Waals surface area (Å²) in [7, 11) is 0. The summed E-state index contributed by atoms with van der Waals surface area (Å²) in [6, 6.07) is 7.27. The van der Waals surface area contributed by atoms with Crippen molar-refractivity contribution in [1.29, 1.82) is 0 Å². The van der Waals surface area contributed by atoms with Crippen LogP contribution in [0.15, 0.2) is 29.3 Å². The Morgan fingerprint density at radius 1 is 1.39 bits per heavy atom. The van der Waals surface area contributed by atoms with Crippen molar-refractivity contribution in [2.75, 3.05) is 0 Å². The normalized spacial score (nSPS) is 28.3. The highest BCUT2D eigenvalue weighted by Gasteiger charge is 2.47. The number of benzene rings is 1. The van der Waals surface area contributed by atoms with Crippen LogP contribution in [0.4, 0.5) is 0 Å². The van der Waals surface area contributed by atoms with Crippen LogP contribution in [0.1, 0.15) is 18.5 Å². The van der Waals surface area contributed by atoms with Gasteiger partial charge in [0.1, 0.15) is 11.8 Å². The molecular weight excluding hydrogens is 302 g/mol. The Labute approximate surface area is 112 Å². The first-order chi connectivity index (χ1) is 8.70. The third-order valence-corrected chi connectivity index (χ3v) is 3.36. The lowest BCUT2D eigenvalue weighted by Crippen LogP contribution is -2.45. The summed E-state index contributed by atoms with van der Waals surface area (Å²) in [5, 5.41) is 0. The molecule has 3 rings (SSSR count). The molecule has 0 saturated carbocycles. The van der Waals surface area contributed by atoms with Gasteiger partial charge < -0.3 is 13.3 Å². The quantitative estimate of drug-likeness (QED) is 0.797. The second-order valence-electron chi connectivity index (χ2n) is 4.15. The lowest BCUT2D eigenvalue weighted by molar-refractivity contribution is -0.146. The van der Waals surface area contributed by atoms with Crippen LogP contribution >= 0.6 is 16.3 Å². The van der Waals surface area contributed by atoms with Crippen molar-refractivity contribution in [3.63, 3.8) is 0 Å². The van der Waals surface area contributed by atoms with Crippen molar-refractivity contribution < 1.29 is 18.1 Å². The zero-order valence-corrected chi connectivity index (χ0v) is 11.1. The zero-order chi connectivity index (χ0) is 12.7. The molecule has 0 saturated heterocycles. The van der Waals surface area contributed by atoms with Gasteiger partial charge in [0.05, 0.1) is 0 Å². The van der Waals surface area contributed by atoms with E-state index in [2.05, 4.69) is 25.1 Å². The summed E-state index contributed by atoms with van der Waals surface area (Å²) < 4.78 is 15.8. The van der Waals surface area contributed by atoms with E-state index in [0.29, 0.717) is 11.6 Å². The second-order valence-corrected chi connectivity index (χ2v) is 4.47. The fourth-order valence-corrected chi connectivity index (χ4v) is 2.48. The third kappa shape index (κ3) is 1.68. The average Bonchev–Trinajstić information content (AvgIpc) is 2.78. The molecule has 0 bridgehead atoms. The van der Waals surface area contributed by atoms with Crippen LogP contribution in [0.25, 0.3) is 0 Å². The molecule has 0 amide bonds. The minimum absolute atomic E-state index is 0.216. The van der Waals surface area contributed by atoms with Crippen molar-refractivity contribution in [2.24, 2.45) is 4.99 Å². The summed E-state index contributed by atoms with van der Waals surface area (Å²) >= 11 is 2.68. The number of carbonyl (C=O) groups is 1. The van der Waals surface area contributed by atoms with Gasteiger partial charge in [-0.3, -0.25) is 0 Å². The molecule has 0 aromatic heterocycles. The number of hydrogen-bond acceptors (Lipinski definition) is 5. The number of carbonyl (C=O) groups excluding carboxylic acids is 1. The van der Waals surface area contributed by atoms with Gasteiger partial charge in [0.25, 0.3) is 0 Å². The average molecular weight is 312 g/mol. The van der Waals surface area contributed by atoms with Crippen LogP contribution in [0.3, 0.4) is 0 Å². The molecule has 5 nitrogen and oxygen atoms in total. The summed E-state index contributed by atoms with van der Waals surface area (Å²) in [5.74, 6) is 0.672. The Kier molecular flexibility index (Phi) is 2.74. The van der Waals surface area contributed by atoms with Crippen LogP contribution in [0.5, 0.6) is 5.75 Å². The molecule has 2 aliphatic heterocycles. The molecule has 0 fully saturated rings. The lowest BCUT2D eigenvalue weighted by Gasteiger charge is -2.31. The minimum atomic E-state index is -0.814. The predicted octanol–water partition coefficient (Wildman–Crippen LogP) is 2.16. The maximum absolute atomic E-state index is 11.7. The van der Waals surface area contributed by atoms with Crippen molar-refractivity contribution in [1.82, 2.24) is 0 Å². The zero-order valence-electron chi connectivity index (χ0n) is 9.50. The van der Waals surface area contributed by atoms with E-state index in [1.807, 2.05) is 24.3 Å². The highest BCUT2D eigenvalue weighted by Crippen LogP contribution is 2.42. The van der Waals surface area contributed by atoms with Gasteiger partial charge in [0.15, 0.2) is 28.3 Å². The molecule has 0 aliphatic carbocycles. The van der Waals surface area contributed by atoms with Crippen molar-refractivity contribution >= 4 is 28.1 Å². The van der Waals surface area contributed by atoms with Gasteiger partial charge in [-0.1, -0.05) is 18.2 Å². The van der Waals surface area contributed by atoms with E-state index in [4.69, 9.17) is 9.47 Å². The molecule has 0 N–H and O–H groups in total. The smallest absolute Gasteiger partial charge is 0.362 e. The summed E-state index contributed by atoms with van der Waals surface area (Å²) in [6.45, 7) is 1.76. The highest BCUT2D eigenvalue weighted by molar-refractivity contribution is 9.06. The Morgan fingerprint density at radius 2 is 2.17 bits per heavy atom. The molecule has 1 aromatic rings. The van der Waals surface area contributed by atoms with Gasteiger partial charge in [-0.05, 0) is 6.07 Å².